The van der Waals surface area contributed by atoms with Crippen molar-refractivity contribution in [2.45, 2.75) is 83.7 Å². The van der Waals surface area contributed by atoms with E-state index in [0.717, 1.165) is 48.7 Å². The van der Waals surface area contributed by atoms with Gasteiger partial charge in [-0.25, -0.2) is 4.79 Å². The number of imide groups is 1. The Hall–Kier alpha value is -3.63. The Labute approximate surface area is 251 Å². The van der Waals surface area contributed by atoms with Crippen LogP contribution in [0, 0.1) is 0 Å². The number of benzene rings is 2. The van der Waals surface area contributed by atoms with E-state index in [2.05, 4.69) is 5.32 Å². The second-order valence-corrected chi connectivity index (χ2v) is 10.7. The standard InChI is InChI=1S/C29H36ClN5O5.C2H6/c1-34-23-16-18(10-12-21(23)35(29(34)39)22-13-15-26(37)33-28(22)38)6-3-2-4-7-19-8-5-9-24(27(19)30)40-17-20(31)11-14-25(32)36;1-2/h5,8-10,12,16,20,22H,2-4,6-7,11,13-15,17,31H2,1H3,(H2,32,36)(H,33,37,38);1-2H3. The van der Waals surface area contributed by atoms with Crippen molar-refractivity contribution in [1.82, 2.24) is 14.5 Å². The lowest BCUT2D eigenvalue weighted by Crippen LogP contribution is -2.44. The number of carbonyl (C=O) groups is 3. The van der Waals surface area contributed by atoms with E-state index in [4.69, 9.17) is 27.8 Å². The number of ether oxygens (including phenoxy) is 1. The summed E-state index contributed by atoms with van der Waals surface area (Å²) in [6.07, 6.45) is 5.79. The average Bonchev–Trinajstić information content (AvgIpc) is 3.22. The van der Waals surface area contributed by atoms with Crippen molar-refractivity contribution in [3.63, 3.8) is 0 Å². The van der Waals surface area contributed by atoms with Crippen LogP contribution in [-0.4, -0.2) is 39.5 Å². The number of fused-ring (bicyclic) bond motifs is 1. The van der Waals surface area contributed by atoms with Crippen LogP contribution in [0.3, 0.4) is 0 Å². The number of hydrogen-bond acceptors (Lipinski definition) is 6. The van der Waals surface area contributed by atoms with Gasteiger partial charge in [0.1, 0.15) is 18.4 Å². The van der Waals surface area contributed by atoms with E-state index in [0.29, 0.717) is 29.1 Å². The maximum Gasteiger partial charge on any atom is 0.329 e. The van der Waals surface area contributed by atoms with E-state index in [-0.39, 0.29) is 43.0 Å². The van der Waals surface area contributed by atoms with Crippen LogP contribution in [0.1, 0.15) is 76.0 Å². The van der Waals surface area contributed by atoms with Crippen LogP contribution < -0.4 is 27.2 Å². The number of nitrogens with two attached hydrogens (primary N) is 2. The van der Waals surface area contributed by atoms with Gasteiger partial charge in [-0.1, -0.05) is 50.1 Å². The molecule has 11 heteroatoms. The number of halogens is 1. The fourth-order valence-corrected chi connectivity index (χ4v) is 5.36. The second-order valence-electron chi connectivity index (χ2n) is 10.4. The topological polar surface area (TPSA) is 151 Å². The molecule has 4 rings (SSSR count). The first-order valence-corrected chi connectivity index (χ1v) is 15.0. The number of aryl methyl sites for hydroxylation is 3. The summed E-state index contributed by atoms with van der Waals surface area (Å²) in [5.41, 5.74) is 14.5. The van der Waals surface area contributed by atoms with Gasteiger partial charge in [0.05, 0.1) is 16.1 Å². The fraction of sp³-hybridized carbons (Fsp3) is 0.484. The number of primary amides is 1. The van der Waals surface area contributed by atoms with E-state index < -0.39 is 11.9 Å². The van der Waals surface area contributed by atoms with Gasteiger partial charge in [0, 0.05) is 25.9 Å². The van der Waals surface area contributed by atoms with Crippen LogP contribution in [0.4, 0.5) is 0 Å². The van der Waals surface area contributed by atoms with Gasteiger partial charge < -0.3 is 16.2 Å². The Morgan fingerprint density at radius 1 is 1.10 bits per heavy atom. The molecule has 1 aliphatic heterocycles. The van der Waals surface area contributed by atoms with E-state index in [1.54, 1.807) is 11.6 Å². The first-order chi connectivity index (χ1) is 20.2. The molecule has 2 heterocycles. The first-order valence-electron chi connectivity index (χ1n) is 14.6. The van der Waals surface area contributed by atoms with Gasteiger partial charge in [-0.3, -0.25) is 28.8 Å². The molecule has 2 atom stereocenters. The Morgan fingerprint density at radius 3 is 2.55 bits per heavy atom. The molecule has 0 spiro atoms. The summed E-state index contributed by atoms with van der Waals surface area (Å²) in [5, 5.41) is 2.92. The number of piperidine rings is 1. The van der Waals surface area contributed by atoms with Gasteiger partial charge >= 0.3 is 5.69 Å². The number of carbonyl (C=O) groups excluding carboxylic acids is 3. The van der Waals surface area contributed by atoms with Crippen molar-refractivity contribution >= 4 is 40.4 Å². The van der Waals surface area contributed by atoms with Crippen LogP contribution >= 0.6 is 11.6 Å². The number of unbranched alkanes of at least 4 members (excludes halogenated alkanes) is 2. The molecule has 0 bridgehead atoms. The largest absolute Gasteiger partial charge is 0.490 e. The maximum absolute atomic E-state index is 13.0. The Balaban J connectivity index is 0.00000237. The highest BCUT2D eigenvalue weighted by Gasteiger charge is 2.31. The highest BCUT2D eigenvalue weighted by atomic mass is 35.5. The molecule has 10 nitrogen and oxygen atoms in total. The van der Waals surface area contributed by atoms with Crippen LogP contribution in [-0.2, 0) is 34.3 Å². The summed E-state index contributed by atoms with van der Waals surface area (Å²) in [7, 11) is 1.70. The number of imidazole rings is 1. The summed E-state index contributed by atoms with van der Waals surface area (Å²) in [6.45, 7) is 4.25. The summed E-state index contributed by atoms with van der Waals surface area (Å²) in [5.74, 6) is -0.545. The average molecular weight is 600 g/mol. The molecule has 1 fully saturated rings. The molecule has 1 aromatic heterocycles. The van der Waals surface area contributed by atoms with E-state index in [1.165, 1.54) is 4.57 Å². The highest BCUT2D eigenvalue weighted by Crippen LogP contribution is 2.30. The molecule has 2 unspecified atom stereocenters. The molecule has 1 saturated heterocycles. The monoisotopic (exact) mass is 599 g/mol. The van der Waals surface area contributed by atoms with Crippen LogP contribution in [0.15, 0.2) is 41.2 Å². The molecular weight excluding hydrogens is 558 g/mol. The predicted molar refractivity (Wildman–Crippen MR) is 165 cm³/mol. The summed E-state index contributed by atoms with van der Waals surface area (Å²) < 4.78 is 8.85. The van der Waals surface area contributed by atoms with E-state index in [1.807, 2.05) is 50.2 Å². The van der Waals surface area contributed by atoms with Crippen LogP contribution in [0.25, 0.3) is 11.0 Å². The summed E-state index contributed by atoms with van der Waals surface area (Å²) in [4.78, 5) is 47.8. The minimum Gasteiger partial charge on any atom is -0.490 e. The van der Waals surface area contributed by atoms with Gasteiger partial charge in [-0.2, -0.15) is 0 Å². The zero-order chi connectivity index (χ0) is 30.8. The third-order valence-corrected chi connectivity index (χ3v) is 7.77. The molecule has 42 heavy (non-hydrogen) atoms. The molecule has 5 N–H and O–H groups in total. The number of hydrogen-bond donors (Lipinski definition) is 3. The Kier molecular flexibility index (Phi) is 12.2. The Morgan fingerprint density at radius 2 is 1.83 bits per heavy atom. The number of aromatic nitrogens is 2. The van der Waals surface area contributed by atoms with E-state index >= 15 is 0 Å². The normalized spacial score (nSPS) is 15.6. The number of rotatable bonds is 13. The van der Waals surface area contributed by atoms with Crippen molar-refractivity contribution in [1.29, 1.82) is 0 Å². The van der Waals surface area contributed by atoms with E-state index in [9.17, 15) is 19.2 Å². The summed E-state index contributed by atoms with van der Waals surface area (Å²) in [6, 6.07) is 10.6. The maximum atomic E-state index is 13.0. The molecule has 0 aliphatic carbocycles. The van der Waals surface area contributed by atoms with Gasteiger partial charge in [0.15, 0.2) is 0 Å². The minimum absolute atomic E-state index is 0.215. The SMILES string of the molecule is CC.Cn1c(=O)n(C2CCC(=O)NC2=O)c2ccc(CCCCCc3cccc(OCC(N)CCC(N)=O)c3Cl)cc21. The number of amides is 3. The van der Waals surface area contributed by atoms with Crippen molar-refractivity contribution in [2.75, 3.05) is 6.61 Å². The lowest BCUT2D eigenvalue weighted by molar-refractivity contribution is -0.135. The molecular formula is C31H42ClN5O5. The van der Waals surface area contributed by atoms with Crippen LogP contribution in [0.2, 0.25) is 5.02 Å². The first kappa shape index (κ1) is 32.9. The summed E-state index contributed by atoms with van der Waals surface area (Å²) >= 11 is 6.57. The second kappa shape index (κ2) is 15.6. The lowest BCUT2D eigenvalue weighted by Gasteiger charge is -2.21. The quantitative estimate of drug-likeness (QED) is 0.200. The van der Waals surface area contributed by atoms with Crippen molar-refractivity contribution in [3.8, 4) is 5.75 Å². The zero-order valence-electron chi connectivity index (χ0n) is 24.7. The Bertz CT molecular complexity index is 1460. The third kappa shape index (κ3) is 8.23. The lowest BCUT2D eigenvalue weighted by atomic mass is 10.0. The van der Waals surface area contributed by atoms with Gasteiger partial charge in [-0.05, 0) is 67.9 Å². The number of nitrogens with zero attached hydrogens (tertiary/aromatic N) is 2. The molecule has 228 valence electrons. The number of nitrogens with one attached hydrogen (secondary N) is 1. The zero-order valence-corrected chi connectivity index (χ0v) is 25.4. The minimum atomic E-state index is -0.686. The molecule has 0 saturated carbocycles. The van der Waals surface area contributed by atoms with Gasteiger partial charge in [0.2, 0.25) is 17.7 Å². The molecule has 2 aromatic carbocycles. The highest BCUT2D eigenvalue weighted by molar-refractivity contribution is 6.32. The smallest absolute Gasteiger partial charge is 0.329 e. The van der Waals surface area contributed by atoms with Crippen LogP contribution in [0.5, 0.6) is 5.75 Å². The molecule has 1 aliphatic rings. The molecule has 3 amide bonds. The van der Waals surface area contributed by atoms with Gasteiger partial charge in [-0.15, -0.1) is 0 Å². The molecule has 3 aromatic rings. The van der Waals surface area contributed by atoms with Crippen molar-refractivity contribution < 1.29 is 19.1 Å². The molecule has 0 radical (unpaired) electrons. The third-order valence-electron chi connectivity index (χ3n) is 7.34. The van der Waals surface area contributed by atoms with Crippen molar-refractivity contribution in [3.05, 3.63) is 63.0 Å². The van der Waals surface area contributed by atoms with Gasteiger partial charge in [0.25, 0.3) is 0 Å². The predicted octanol–water partition coefficient (Wildman–Crippen LogP) is 3.92. The fourth-order valence-electron chi connectivity index (χ4n) is 5.08. The van der Waals surface area contributed by atoms with Crippen molar-refractivity contribution in [2.24, 2.45) is 18.5 Å².